The molecule has 29 heavy (non-hydrogen) atoms. The summed E-state index contributed by atoms with van der Waals surface area (Å²) in [6, 6.07) is 13.2. The van der Waals surface area contributed by atoms with Crippen LogP contribution in [0.25, 0.3) is 22.0 Å². The number of hydrogen-bond donors (Lipinski definition) is 1. The molecule has 2 aromatic carbocycles. The minimum atomic E-state index is -0.162. The topological polar surface area (TPSA) is 42.1 Å². The molecule has 1 atom stereocenters. The van der Waals surface area contributed by atoms with Crippen molar-refractivity contribution in [3.8, 4) is 11.1 Å². The van der Waals surface area contributed by atoms with Gasteiger partial charge in [-0.25, -0.2) is 0 Å². The molecule has 154 valence electrons. The van der Waals surface area contributed by atoms with Gasteiger partial charge in [-0.3, -0.25) is 4.79 Å². The molecule has 1 N–H and O–H groups in total. The molecule has 0 saturated carbocycles. The Morgan fingerprint density at radius 2 is 1.90 bits per heavy atom. The zero-order valence-electron chi connectivity index (χ0n) is 18.6. The van der Waals surface area contributed by atoms with Crippen LogP contribution in [0.5, 0.6) is 0 Å². The van der Waals surface area contributed by atoms with E-state index in [-0.39, 0.29) is 17.3 Å². The number of nitrogens with one attached hydrogen (secondary N) is 1. The lowest BCUT2D eigenvalue weighted by molar-refractivity contribution is -0.144. The van der Waals surface area contributed by atoms with Crippen molar-refractivity contribution in [2.45, 2.75) is 53.9 Å². The van der Waals surface area contributed by atoms with Gasteiger partial charge in [-0.1, -0.05) is 63.9 Å². The van der Waals surface area contributed by atoms with E-state index in [1.807, 2.05) is 6.92 Å². The minimum Gasteiger partial charge on any atom is -0.469 e. The molecule has 3 heteroatoms. The first-order chi connectivity index (χ1) is 13.7. The zero-order valence-corrected chi connectivity index (χ0v) is 18.6. The number of ether oxygens (including phenoxy) is 1. The monoisotopic (exact) mass is 391 g/mol. The Hall–Kier alpha value is -2.55. The highest BCUT2D eigenvalue weighted by Crippen LogP contribution is 2.32. The van der Waals surface area contributed by atoms with Gasteiger partial charge in [-0.15, -0.1) is 0 Å². The van der Waals surface area contributed by atoms with Crippen LogP contribution >= 0.6 is 0 Å². The zero-order chi connectivity index (χ0) is 21.2. The van der Waals surface area contributed by atoms with E-state index >= 15 is 0 Å². The van der Waals surface area contributed by atoms with Crippen LogP contribution in [-0.2, 0) is 22.4 Å². The van der Waals surface area contributed by atoms with Gasteiger partial charge in [0, 0.05) is 17.1 Å². The summed E-state index contributed by atoms with van der Waals surface area (Å²) in [4.78, 5) is 15.3. The summed E-state index contributed by atoms with van der Waals surface area (Å²) < 4.78 is 4.89. The lowest BCUT2D eigenvalue weighted by Gasteiger charge is -2.22. The van der Waals surface area contributed by atoms with Crippen molar-refractivity contribution in [3.05, 3.63) is 59.3 Å². The van der Waals surface area contributed by atoms with Gasteiger partial charge in [0.05, 0.1) is 13.0 Å². The Kier molecular flexibility index (Phi) is 6.16. The van der Waals surface area contributed by atoms with E-state index in [9.17, 15) is 4.79 Å². The molecular weight excluding hydrogens is 358 g/mol. The number of H-pyrrole nitrogens is 1. The standard InChI is InChI=1S/C26H33NO2/c1-7-26(4,5)15-22-16-27-24-9-8-20(14-23(22)24)21-11-17(2)10-19(13-21)12-18(3)25(28)29-6/h8-11,13-14,16,18,27H,7,12,15H2,1-6H3/t18-/m0/s1. The first-order valence-electron chi connectivity index (χ1n) is 10.5. The third-order valence-corrected chi connectivity index (χ3v) is 6.01. The first kappa shape index (κ1) is 21.2. The Morgan fingerprint density at radius 1 is 1.14 bits per heavy atom. The molecule has 0 saturated heterocycles. The summed E-state index contributed by atoms with van der Waals surface area (Å²) in [7, 11) is 1.45. The molecule has 0 aliphatic heterocycles. The summed E-state index contributed by atoms with van der Waals surface area (Å²) in [6.45, 7) is 10.9. The Labute approximate surface area is 174 Å². The molecule has 3 aromatic rings. The number of esters is 1. The van der Waals surface area contributed by atoms with Crippen LogP contribution in [0.1, 0.15) is 50.8 Å². The highest BCUT2D eigenvalue weighted by Gasteiger charge is 2.19. The predicted molar refractivity (Wildman–Crippen MR) is 121 cm³/mol. The maximum Gasteiger partial charge on any atom is 0.308 e. The molecule has 1 heterocycles. The van der Waals surface area contributed by atoms with Crippen molar-refractivity contribution < 1.29 is 9.53 Å². The van der Waals surface area contributed by atoms with Gasteiger partial charge in [0.1, 0.15) is 0 Å². The second-order valence-electron chi connectivity index (χ2n) is 9.10. The number of carbonyl (C=O) groups excluding carboxylic acids is 1. The van der Waals surface area contributed by atoms with Gasteiger partial charge in [0.15, 0.2) is 0 Å². The van der Waals surface area contributed by atoms with E-state index in [4.69, 9.17) is 4.74 Å². The second kappa shape index (κ2) is 8.44. The molecule has 0 aliphatic carbocycles. The van der Waals surface area contributed by atoms with Crippen LogP contribution < -0.4 is 0 Å². The Morgan fingerprint density at radius 3 is 2.59 bits per heavy atom. The third-order valence-electron chi connectivity index (χ3n) is 6.01. The second-order valence-corrected chi connectivity index (χ2v) is 9.10. The minimum absolute atomic E-state index is 0.148. The van der Waals surface area contributed by atoms with Crippen LogP contribution in [0.3, 0.4) is 0 Å². The van der Waals surface area contributed by atoms with Crippen molar-refractivity contribution in [1.29, 1.82) is 0 Å². The molecular formula is C26H33NO2. The highest BCUT2D eigenvalue weighted by molar-refractivity contribution is 5.88. The molecule has 0 aliphatic rings. The summed E-state index contributed by atoms with van der Waals surface area (Å²) >= 11 is 0. The normalized spacial score (nSPS) is 12.9. The number of aryl methyl sites for hydroxylation is 1. The molecule has 1 aromatic heterocycles. The fraction of sp³-hybridized carbons (Fsp3) is 0.423. The number of rotatable bonds is 7. The van der Waals surface area contributed by atoms with E-state index in [1.54, 1.807) is 0 Å². The maximum absolute atomic E-state index is 11.8. The molecule has 0 amide bonds. The van der Waals surface area contributed by atoms with Crippen molar-refractivity contribution in [2.75, 3.05) is 7.11 Å². The number of fused-ring (bicyclic) bond motifs is 1. The Balaban J connectivity index is 1.97. The Bertz CT molecular complexity index is 1010. The largest absolute Gasteiger partial charge is 0.469 e. The van der Waals surface area contributed by atoms with Gasteiger partial charge in [0.25, 0.3) is 0 Å². The van der Waals surface area contributed by atoms with Gasteiger partial charge in [-0.05, 0) is 59.6 Å². The van der Waals surface area contributed by atoms with E-state index in [2.05, 4.69) is 75.3 Å². The number of benzene rings is 2. The average molecular weight is 392 g/mol. The number of carbonyl (C=O) groups is 1. The van der Waals surface area contributed by atoms with Crippen LogP contribution in [0.4, 0.5) is 0 Å². The van der Waals surface area contributed by atoms with E-state index in [0.29, 0.717) is 6.42 Å². The molecule has 0 radical (unpaired) electrons. The fourth-order valence-electron chi connectivity index (χ4n) is 3.93. The summed E-state index contributed by atoms with van der Waals surface area (Å²) in [6.07, 6.45) is 5.05. The molecule has 0 fully saturated rings. The SMILES string of the molecule is CCC(C)(C)Cc1c[nH]c2ccc(-c3cc(C)cc(C[C@H](C)C(=O)OC)c3)cc12. The molecule has 0 unspecified atom stereocenters. The molecule has 0 spiro atoms. The van der Waals surface area contributed by atoms with Crippen molar-refractivity contribution in [1.82, 2.24) is 4.98 Å². The molecule has 3 nitrogen and oxygen atoms in total. The predicted octanol–water partition coefficient (Wildman–Crippen LogP) is 6.47. The van der Waals surface area contributed by atoms with E-state index < -0.39 is 0 Å². The third kappa shape index (κ3) is 4.90. The summed E-state index contributed by atoms with van der Waals surface area (Å²) in [5.41, 5.74) is 7.62. The molecule has 3 rings (SSSR count). The highest BCUT2D eigenvalue weighted by atomic mass is 16.5. The molecule has 0 bridgehead atoms. The summed E-state index contributed by atoms with van der Waals surface area (Å²) in [5, 5.41) is 1.30. The van der Waals surface area contributed by atoms with Crippen LogP contribution in [0, 0.1) is 18.3 Å². The lowest BCUT2D eigenvalue weighted by atomic mass is 9.83. The van der Waals surface area contributed by atoms with Crippen LogP contribution in [0.15, 0.2) is 42.6 Å². The van der Waals surface area contributed by atoms with Gasteiger partial charge >= 0.3 is 5.97 Å². The fourth-order valence-corrected chi connectivity index (χ4v) is 3.93. The van der Waals surface area contributed by atoms with Crippen LogP contribution in [0.2, 0.25) is 0 Å². The number of aromatic nitrogens is 1. The number of aromatic amines is 1. The smallest absolute Gasteiger partial charge is 0.308 e. The number of hydrogen-bond acceptors (Lipinski definition) is 2. The quantitative estimate of drug-likeness (QED) is 0.469. The van der Waals surface area contributed by atoms with Gasteiger partial charge in [0.2, 0.25) is 0 Å². The first-order valence-corrected chi connectivity index (χ1v) is 10.5. The van der Waals surface area contributed by atoms with E-state index in [0.717, 1.165) is 12.8 Å². The van der Waals surface area contributed by atoms with E-state index in [1.165, 1.54) is 45.8 Å². The number of methoxy groups -OCH3 is 1. The maximum atomic E-state index is 11.8. The van der Waals surface area contributed by atoms with Crippen LogP contribution in [-0.4, -0.2) is 18.1 Å². The van der Waals surface area contributed by atoms with Crippen molar-refractivity contribution in [3.63, 3.8) is 0 Å². The summed E-state index contributed by atoms with van der Waals surface area (Å²) in [5.74, 6) is -0.310. The lowest BCUT2D eigenvalue weighted by Crippen LogP contribution is -2.15. The van der Waals surface area contributed by atoms with Crippen molar-refractivity contribution >= 4 is 16.9 Å². The van der Waals surface area contributed by atoms with Crippen molar-refractivity contribution in [2.24, 2.45) is 11.3 Å². The van der Waals surface area contributed by atoms with Gasteiger partial charge in [-0.2, -0.15) is 0 Å². The van der Waals surface area contributed by atoms with Gasteiger partial charge < -0.3 is 9.72 Å². The average Bonchev–Trinajstić information content (AvgIpc) is 3.08.